The molecule has 4 aliphatic rings. The van der Waals surface area contributed by atoms with Crippen LogP contribution in [0.2, 0.25) is 18.1 Å². The number of carbonyl (C=O) groups excluding carboxylic acids is 1. The summed E-state index contributed by atoms with van der Waals surface area (Å²) in [4.78, 5) is 22.2. The SMILES string of the molecule is CC(C)(C)[Si](C)(C)O[C@H]1CC[C@@]2(C)C(=CCC3C2CC[C@@]2(C)C3CC[C@H]2OC(=O)C[N+](=O)[O-])C1. The third-order valence-corrected chi connectivity index (χ3v) is 15.3. The Hall–Kier alpha value is -1.21. The van der Waals surface area contributed by atoms with Gasteiger partial charge in [-0.1, -0.05) is 46.3 Å². The lowest BCUT2D eigenvalue weighted by molar-refractivity contribution is -0.470. The molecule has 0 spiro atoms. The van der Waals surface area contributed by atoms with Gasteiger partial charge in [0.1, 0.15) is 6.10 Å². The van der Waals surface area contributed by atoms with Gasteiger partial charge in [0.05, 0.1) is 0 Å². The van der Waals surface area contributed by atoms with Crippen LogP contribution in [0.4, 0.5) is 0 Å². The molecule has 7 heteroatoms. The number of fused-ring (bicyclic) bond motifs is 5. The summed E-state index contributed by atoms with van der Waals surface area (Å²) in [7, 11) is -1.78. The minimum atomic E-state index is -1.78. The zero-order chi connectivity index (χ0) is 25.1. The molecular weight excluding hydrogens is 446 g/mol. The van der Waals surface area contributed by atoms with E-state index in [0.717, 1.165) is 44.9 Å². The number of nitrogens with zero attached hydrogens (tertiary/aromatic N) is 1. The molecule has 0 aromatic rings. The lowest BCUT2D eigenvalue weighted by Gasteiger charge is -2.58. The van der Waals surface area contributed by atoms with Crippen molar-refractivity contribution in [1.82, 2.24) is 0 Å². The van der Waals surface area contributed by atoms with Crippen LogP contribution >= 0.6 is 0 Å². The molecule has 3 fully saturated rings. The van der Waals surface area contributed by atoms with Gasteiger partial charge in [-0.25, -0.2) is 4.79 Å². The van der Waals surface area contributed by atoms with Crippen molar-refractivity contribution >= 4 is 14.3 Å². The molecule has 4 rings (SSSR count). The van der Waals surface area contributed by atoms with Gasteiger partial charge in [-0.3, -0.25) is 10.1 Å². The number of ether oxygens (including phenoxy) is 1. The van der Waals surface area contributed by atoms with Gasteiger partial charge in [0.15, 0.2) is 8.32 Å². The Labute approximate surface area is 206 Å². The Morgan fingerprint density at radius 3 is 2.50 bits per heavy atom. The molecule has 6 nitrogen and oxygen atoms in total. The van der Waals surface area contributed by atoms with Gasteiger partial charge in [-0.15, -0.1) is 0 Å². The Morgan fingerprint density at radius 2 is 1.85 bits per heavy atom. The van der Waals surface area contributed by atoms with Crippen molar-refractivity contribution in [3.63, 3.8) is 0 Å². The summed E-state index contributed by atoms with van der Waals surface area (Å²) >= 11 is 0. The second-order valence-corrected chi connectivity index (χ2v) is 18.3. The Balaban J connectivity index is 1.48. The zero-order valence-electron chi connectivity index (χ0n) is 22.3. The van der Waals surface area contributed by atoms with E-state index in [0.29, 0.717) is 23.9 Å². The maximum absolute atomic E-state index is 12.1. The van der Waals surface area contributed by atoms with Crippen LogP contribution < -0.4 is 0 Å². The summed E-state index contributed by atoms with van der Waals surface area (Å²) < 4.78 is 12.5. The Kier molecular flexibility index (Phi) is 6.63. The Bertz CT molecular complexity index is 864. The van der Waals surface area contributed by atoms with Gasteiger partial charge < -0.3 is 9.16 Å². The fraction of sp³-hybridized carbons (Fsp3) is 0.889. The number of allylic oxidation sites excluding steroid dienone is 1. The molecule has 0 heterocycles. The first kappa shape index (κ1) is 25.9. The number of nitro groups is 1. The standard InChI is InChI=1S/C27H45NO5Si/c1-25(2,3)34(6,7)33-19-12-14-26(4)18(16-19)8-9-20-21-10-11-23(32-24(29)17-28(30)31)27(21,5)15-13-22(20)26/h8,19-23H,9-17H2,1-7H3/t19-,20?,21?,22?,23+,26-,27-/m0/s1. The molecular formula is C27H45NO5Si. The molecule has 0 amide bonds. The number of rotatable bonds is 5. The lowest BCUT2D eigenvalue weighted by atomic mass is 9.48. The largest absolute Gasteiger partial charge is 0.457 e. The summed E-state index contributed by atoms with van der Waals surface area (Å²) in [6.45, 7) is 15.7. The molecule has 3 unspecified atom stereocenters. The molecule has 0 N–H and O–H groups in total. The molecule has 0 saturated heterocycles. The summed E-state index contributed by atoms with van der Waals surface area (Å²) in [5.74, 6) is 1.13. The first-order chi connectivity index (χ1) is 15.7. The molecule has 4 aliphatic carbocycles. The van der Waals surface area contributed by atoms with Gasteiger partial charge in [0.2, 0.25) is 0 Å². The second kappa shape index (κ2) is 8.72. The van der Waals surface area contributed by atoms with Crippen LogP contribution in [0.25, 0.3) is 0 Å². The van der Waals surface area contributed by atoms with Crippen molar-refractivity contribution in [3.8, 4) is 0 Å². The molecule has 0 aromatic carbocycles. The van der Waals surface area contributed by atoms with E-state index in [9.17, 15) is 14.9 Å². The van der Waals surface area contributed by atoms with Gasteiger partial charge in [0, 0.05) is 16.4 Å². The predicted molar refractivity (Wildman–Crippen MR) is 136 cm³/mol. The van der Waals surface area contributed by atoms with Gasteiger partial charge >= 0.3 is 5.97 Å². The lowest BCUT2D eigenvalue weighted by Crippen LogP contribution is -2.52. The monoisotopic (exact) mass is 491 g/mol. The molecule has 0 radical (unpaired) electrons. The van der Waals surface area contributed by atoms with Gasteiger partial charge in [-0.05, 0) is 92.7 Å². The fourth-order valence-corrected chi connectivity index (χ4v) is 9.16. The number of hydrogen-bond acceptors (Lipinski definition) is 5. The third-order valence-electron chi connectivity index (χ3n) is 10.8. The predicted octanol–water partition coefficient (Wildman–Crippen LogP) is 6.53. The van der Waals surface area contributed by atoms with Crippen LogP contribution in [-0.2, 0) is 14.0 Å². The highest BCUT2D eigenvalue weighted by Crippen LogP contribution is 2.65. The maximum atomic E-state index is 12.1. The maximum Gasteiger partial charge on any atom is 0.378 e. The van der Waals surface area contributed by atoms with Crippen LogP contribution in [0.1, 0.15) is 86.0 Å². The van der Waals surface area contributed by atoms with Gasteiger partial charge in [0.25, 0.3) is 6.54 Å². The Morgan fingerprint density at radius 1 is 1.15 bits per heavy atom. The van der Waals surface area contributed by atoms with E-state index in [1.54, 1.807) is 5.57 Å². The summed E-state index contributed by atoms with van der Waals surface area (Å²) in [5.41, 5.74) is 1.81. The average molecular weight is 492 g/mol. The van der Waals surface area contributed by atoms with E-state index in [4.69, 9.17) is 9.16 Å². The number of hydrogen-bond donors (Lipinski definition) is 0. The van der Waals surface area contributed by atoms with Crippen LogP contribution in [0, 0.1) is 38.7 Å². The smallest absolute Gasteiger partial charge is 0.378 e. The van der Waals surface area contributed by atoms with Crippen molar-refractivity contribution in [2.45, 2.75) is 116 Å². The van der Waals surface area contributed by atoms with Crippen molar-refractivity contribution in [1.29, 1.82) is 0 Å². The fourth-order valence-electron chi connectivity index (χ4n) is 7.77. The van der Waals surface area contributed by atoms with Crippen LogP contribution in [0.5, 0.6) is 0 Å². The van der Waals surface area contributed by atoms with E-state index >= 15 is 0 Å². The van der Waals surface area contributed by atoms with E-state index in [1.165, 1.54) is 6.42 Å². The molecule has 7 atom stereocenters. The topological polar surface area (TPSA) is 78.7 Å². The molecule has 192 valence electrons. The van der Waals surface area contributed by atoms with Crippen molar-refractivity contribution in [2.24, 2.45) is 28.6 Å². The molecule has 0 aromatic heterocycles. The quantitative estimate of drug-likeness (QED) is 0.144. The van der Waals surface area contributed by atoms with Crippen LogP contribution in [0.3, 0.4) is 0 Å². The summed E-state index contributed by atoms with van der Waals surface area (Å²) in [6, 6.07) is 0. The third kappa shape index (κ3) is 4.40. The normalized spacial score (nSPS) is 40.0. The first-order valence-electron chi connectivity index (χ1n) is 13.4. The highest BCUT2D eigenvalue weighted by molar-refractivity contribution is 6.74. The molecule has 3 saturated carbocycles. The molecule has 0 aliphatic heterocycles. The van der Waals surface area contributed by atoms with E-state index in [1.807, 2.05) is 0 Å². The van der Waals surface area contributed by atoms with Crippen LogP contribution in [0.15, 0.2) is 11.6 Å². The first-order valence-corrected chi connectivity index (χ1v) is 16.3. The highest BCUT2D eigenvalue weighted by atomic mass is 28.4. The van der Waals surface area contributed by atoms with E-state index in [-0.39, 0.29) is 22.0 Å². The van der Waals surface area contributed by atoms with Crippen molar-refractivity contribution in [2.75, 3.05) is 6.54 Å². The average Bonchev–Trinajstić information content (AvgIpc) is 3.03. The van der Waals surface area contributed by atoms with Crippen molar-refractivity contribution in [3.05, 3.63) is 21.8 Å². The number of carbonyl (C=O) groups is 1. The van der Waals surface area contributed by atoms with Crippen LogP contribution in [-0.4, -0.2) is 38.0 Å². The molecule has 34 heavy (non-hydrogen) atoms. The highest BCUT2D eigenvalue weighted by Gasteiger charge is 2.60. The zero-order valence-corrected chi connectivity index (χ0v) is 23.3. The van der Waals surface area contributed by atoms with E-state index in [2.05, 4.69) is 53.8 Å². The second-order valence-electron chi connectivity index (χ2n) is 13.6. The van der Waals surface area contributed by atoms with Gasteiger partial charge in [-0.2, -0.15) is 0 Å². The minimum absolute atomic E-state index is 0.0578. The van der Waals surface area contributed by atoms with E-state index < -0.39 is 25.8 Å². The van der Waals surface area contributed by atoms with Crippen molar-refractivity contribution < 1.29 is 18.9 Å². The molecule has 0 bridgehead atoms. The summed E-state index contributed by atoms with van der Waals surface area (Å²) in [5, 5.41) is 11.0. The summed E-state index contributed by atoms with van der Waals surface area (Å²) in [6.07, 6.45) is 11.3. The minimum Gasteiger partial charge on any atom is -0.457 e. The number of esters is 1.